The lowest BCUT2D eigenvalue weighted by atomic mass is 10.2. The van der Waals surface area contributed by atoms with E-state index in [-0.39, 0.29) is 30.5 Å². The molecule has 0 bridgehead atoms. The van der Waals surface area contributed by atoms with E-state index in [0.29, 0.717) is 5.69 Å². The molecule has 2 amide bonds. The van der Waals surface area contributed by atoms with Gasteiger partial charge < -0.3 is 14.8 Å². The second kappa shape index (κ2) is 7.40. The highest BCUT2D eigenvalue weighted by Crippen LogP contribution is 2.08. The van der Waals surface area contributed by atoms with Crippen LogP contribution in [0.15, 0.2) is 53.5 Å². The number of amides is 2. The van der Waals surface area contributed by atoms with E-state index in [2.05, 4.69) is 5.32 Å². The maximum atomic E-state index is 12.1. The molecule has 2 rings (SSSR count). The Labute approximate surface area is 134 Å². The van der Waals surface area contributed by atoms with Crippen LogP contribution in [-0.4, -0.2) is 34.9 Å². The quantitative estimate of drug-likeness (QED) is 0.903. The van der Waals surface area contributed by atoms with Crippen LogP contribution in [0.3, 0.4) is 0 Å². The van der Waals surface area contributed by atoms with Gasteiger partial charge >= 0.3 is 0 Å². The largest absolute Gasteiger partial charge is 0.335 e. The molecule has 0 saturated heterocycles. The van der Waals surface area contributed by atoms with Crippen molar-refractivity contribution in [3.63, 3.8) is 0 Å². The minimum atomic E-state index is -0.308. The lowest BCUT2D eigenvalue weighted by Gasteiger charge is -2.17. The van der Waals surface area contributed by atoms with Gasteiger partial charge in [0.1, 0.15) is 6.54 Å². The van der Waals surface area contributed by atoms with Gasteiger partial charge in [-0.1, -0.05) is 23.8 Å². The van der Waals surface area contributed by atoms with E-state index in [9.17, 15) is 14.4 Å². The van der Waals surface area contributed by atoms with Gasteiger partial charge in [0, 0.05) is 25.0 Å². The third-order valence-corrected chi connectivity index (χ3v) is 3.35. The fraction of sp³-hybridized carbons (Fsp3) is 0.235. The van der Waals surface area contributed by atoms with Crippen molar-refractivity contribution >= 4 is 17.5 Å². The summed E-state index contributed by atoms with van der Waals surface area (Å²) in [4.78, 5) is 36.9. The summed E-state index contributed by atoms with van der Waals surface area (Å²) in [5.41, 5.74) is 1.53. The predicted octanol–water partition coefficient (Wildman–Crippen LogP) is 1.25. The lowest BCUT2D eigenvalue weighted by molar-refractivity contribution is -0.133. The average molecular weight is 313 g/mol. The smallest absolute Gasteiger partial charge is 0.250 e. The first-order valence-corrected chi connectivity index (χ1v) is 7.21. The SMILES string of the molecule is Cc1ccc(NC(=O)CN(C)C(=O)Cn2ccccc2=O)cc1. The van der Waals surface area contributed by atoms with Gasteiger partial charge in [-0.2, -0.15) is 0 Å². The van der Waals surface area contributed by atoms with Gasteiger partial charge in [0.2, 0.25) is 11.8 Å². The summed E-state index contributed by atoms with van der Waals surface area (Å²) >= 11 is 0. The first kappa shape index (κ1) is 16.5. The molecular formula is C17H19N3O3. The first-order chi connectivity index (χ1) is 11.0. The van der Waals surface area contributed by atoms with Crippen LogP contribution in [0.1, 0.15) is 5.56 Å². The topological polar surface area (TPSA) is 71.4 Å². The van der Waals surface area contributed by atoms with Gasteiger partial charge in [-0.15, -0.1) is 0 Å². The zero-order valence-electron chi connectivity index (χ0n) is 13.2. The Bertz CT molecular complexity index is 750. The van der Waals surface area contributed by atoms with Crippen LogP contribution in [0.5, 0.6) is 0 Å². The predicted molar refractivity (Wildman–Crippen MR) is 88.1 cm³/mol. The summed E-state index contributed by atoms with van der Waals surface area (Å²) in [7, 11) is 1.53. The number of carbonyl (C=O) groups excluding carboxylic acids is 2. The van der Waals surface area contributed by atoms with Crippen LogP contribution < -0.4 is 10.9 Å². The zero-order chi connectivity index (χ0) is 16.8. The Morgan fingerprint density at radius 1 is 1.13 bits per heavy atom. The molecule has 0 unspecified atom stereocenters. The molecule has 1 heterocycles. The van der Waals surface area contributed by atoms with Gasteiger partial charge in [-0.3, -0.25) is 14.4 Å². The maximum absolute atomic E-state index is 12.1. The number of hydrogen-bond acceptors (Lipinski definition) is 3. The second-order valence-corrected chi connectivity index (χ2v) is 5.33. The molecule has 0 aliphatic heterocycles. The molecule has 0 aliphatic rings. The van der Waals surface area contributed by atoms with Crippen LogP contribution in [0, 0.1) is 6.92 Å². The fourth-order valence-corrected chi connectivity index (χ4v) is 2.00. The molecule has 0 radical (unpaired) electrons. The number of aryl methyl sites for hydroxylation is 1. The average Bonchev–Trinajstić information content (AvgIpc) is 2.51. The van der Waals surface area contributed by atoms with Gasteiger partial charge in [0.25, 0.3) is 5.56 Å². The summed E-state index contributed by atoms with van der Waals surface area (Å²) in [5, 5.41) is 2.73. The fourth-order valence-electron chi connectivity index (χ4n) is 2.00. The van der Waals surface area contributed by atoms with Gasteiger partial charge in [0.15, 0.2) is 0 Å². The van der Waals surface area contributed by atoms with Crippen molar-refractivity contribution in [2.75, 3.05) is 18.9 Å². The van der Waals surface area contributed by atoms with Crippen molar-refractivity contribution in [2.24, 2.45) is 0 Å². The third-order valence-electron chi connectivity index (χ3n) is 3.35. The zero-order valence-corrected chi connectivity index (χ0v) is 13.2. The van der Waals surface area contributed by atoms with Crippen LogP contribution in [-0.2, 0) is 16.1 Å². The number of nitrogens with zero attached hydrogens (tertiary/aromatic N) is 2. The second-order valence-electron chi connectivity index (χ2n) is 5.33. The molecule has 6 nitrogen and oxygen atoms in total. The van der Waals surface area contributed by atoms with Crippen LogP contribution in [0.2, 0.25) is 0 Å². The Balaban J connectivity index is 1.90. The highest BCUT2D eigenvalue weighted by Gasteiger charge is 2.14. The van der Waals surface area contributed by atoms with Crippen LogP contribution in [0.25, 0.3) is 0 Å². The molecule has 0 atom stereocenters. The Morgan fingerprint density at radius 2 is 1.83 bits per heavy atom. The molecule has 0 fully saturated rings. The number of hydrogen-bond donors (Lipinski definition) is 1. The van der Waals surface area contributed by atoms with E-state index in [4.69, 9.17) is 0 Å². The van der Waals surface area contributed by atoms with Crippen molar-refractivity contribution in [3.8, 4) is 0 Å². The number of anilines is 1. The lowest BCUT2D eigenvalue weighted by Crippen LogP contribution is -2.38. The van der Waals surface area contributed by atoms with Gasteiger partial charge in [-0.05, 0) is 25.1 Å². The highest BCUT2D eigenvalue weighted by molar-refractivity contribution is 5.94. The molecule has 0 aliphatic carbocycles. The molecule has 1 N–H and O–H groups in total. The molecule has 2 aromatic rings. The first-order valence-electron chi connectivity index (χ1n) is 7.21. The van der Waals surface area contributed by atoms with Crippen LogP contribution >= 0.6 is 0 Å². The minimum absolute atomic E-state index is 0.0751. The van der Waals surface area contributed by atoms with Crippen molar-refractivity contribution in [1.29, 1.82) is 0 Å². The van der Waals surface area contributed by atoms with Crippen molar-refractivity contribution in [1.82, 2.24) is 9.47 Å². The minimum Gasteiger partial charge on any atom is -0.335 e. The maximum Gasteiger partial charge on any atom is 0.250 e. The number of carbonyl (C=O) groups is 2. The molecule has 120 valence electrons. The number of nitrogens with one attached hydrogen (secondary N) is 1. The van der Waals surface area contributed by atoms with E-state index >= 15 is 0 Å². The van der Waals surface area contributed by atoms with E-state index in [0.717, 1.165) is 5.56 Å². The Morgan fingerprint density at radius 3 is 2.48 bits per heavy atom. The molecule has 0 saturated carbocycles. The molecular weight excluding hydrogens is 294 g/mol. The van der Waals surface area contributed by atoms with E-state index in [1.165, 1.54) is 22.6 Å². The van der Waals surface area contributed by atoms with E-state index < -0.39 is 0 Å². The van der Waals surface area contributed by atoms with Gasteiger partial charge in [-0.25, -0.2) is 0 Å². The monoisotopic (exact) mass is 313 g/mol. The number of benzene rings is 1. The standard InChI is InChI=1S/C17H19N3O3/c1-13-6-8-14(9-7-13)18-15(21)11-19(2)17(23)12-20-10-4-3-5-16(20)22/h3-10H,11-12H2,1-2H3,(H,18,21). The summed E-state index contributed by atoms with van der Waals surface area (Å²) in [6, 6.07) is 12.1. The number of pyridine rings is 1. The Kier molecular flexibility index (Phi) is 5.30. The summed E-state index contributed by atoms with van der Waals surface area (Å²) in [6.07, 6.45) is 1.54. The Hall–Kier alpha value is -2.89. The van der Waals surface area contributed by atoms with E-state index in [1.54, 1.807) is 30.5 Å². The normalized spacial score (nSPS) is 10.2. The van der Waals surface area contributed by atoms with Gasteiger partial charge in [0.05, 0.1) is 6.54 Å². The van der Waals surface area contributed by atoms with Crippen LogP contribution in [0.4, 0.5) is 5.69 Å². The number of likely N-dealkylation sites (N-methyl/N-ethyl adjacent to an activating group) is 1. The van der Waals surface area contributed by atoms with Crippen molar-refractivity contribution in [3.05, 3.63) is 64.6 Å². The number of rotatable bonds is 5. The third kappa shape index (κ3) is 4.81. The summed E-state index contributed by atoms with van der Waals surface area (Å²) in [5.74, 6) is -0.595. The molecule has 1 aromatic heterocycles. The highest BCUT2D eigenvalue weighted by atomic mass is 16.2. The summed E-state index contributed by atoms with van der Waals surface area (Å²) in [6.45, 7) is 1.80. The number of aromatic nitrogens is 1. The molecule has 6 heteroatoms. The molecule has 23 heavy (non-hydrogen) atoms. The van der Waals surface area contributed by atoms with Crippen molar-refractivity contribution in [2.45, 2.75) is 13.5 Å². The molecule has 1 aromatic carbocycles. The molecule has 0 spiro atoms. The van der Waals surface area contributed by atoms with Crippen molar-refractivity contribution < 1.29 is 9.59 Å². The van der Waals surface area contributed by atoms with E-state index in [1.807, 2.05) is 19.1 Å². The summed E-state index contributed by atoms with van der Waals surface area (Å²) < 4.78 is 1.30.